The number of amides is 1. The molecule has 1 aliphatic rings. The molecule has 1 aromatic rings. The van der Waals surface area contributed by atoms with Gasteiger partial charge in [0.2, 0.25) is 5.91 Å². The fourth-order valence-electron chi connectivity index (χ4n) is 1.65. The average molecular weight is 320 g/mol. The molecule has 1 saturated heterocycles. The molecule has 3 nitrogen and oxygen atoms in total. The fourth-order valence-corrected chi connectivity index (χ4v) is 2.09. The molecule has 0 atom stereocenters. The number of hydrogen-bond acceptors (Lipinski definition) is 2. The van der Waals surface area contributed by atoms with E-state index in [1.807, 2.05) is 24.3 Å². The molecule has 1 heterocycles. The number of carbonyl (C=O) groups is 1. The normalized spacial score (nSPS) is 14.6. The number of benzene rings is 1. The van der Waals surface area contributed by atoms with E-state index in [0.717, 1.165) is 29.7 Å². The average Bonchev–Trinajstić information content (AvgIpc) is 2.15. The van der Waals surface area contributed by atoms with E-state index in [0.29, 0.717) is 12.3 Å². The third-order valence-electron chi connectivity index (χ3n) is 2.71. The zero-order chi connectivity index (χ0) is 11.4. The predicted molar refractivity (Wildman–Crippen MR) is 74.5 cm³/mol. The van der Waals surface area contributed by atoms with Gasteiger partial charge in [0, 0.05) is 30.0 Å². The quantitative estimate of drug-likeness (QED) is 0.888. The predicted octanol–water partition coefficient (Wildman–Crippen LogP) is 1.75. The lowest BCUT2D eigenvalue weighted by atomic mass is 10.0. The van der Waals surface area contributed by atoms with Crippen LogP contribution in [0.1, 0.15) is 5.56 Å². The summed E-state index contributed by atoms with van der Waals surface area (Å²) in [5.41, 5.74) is 1.04. The SMILES string of the molecule is Cl.O=C(Cc1cccc(Br)c1)NCC1CNC1. The molecule has 0 aromatic heterocycles. The van der Waals surface area contributed by atoms with E-state index in [1.165, 1.54) is 0 Å². The maximum absolute atomic E-state index is 11.6. The van der Waals surface area contributed by atoms with Crippen LogP contribution in [0.2, 0.25) is 0 Å². The van der Waals surface area contributed by atoms with Gasteiger partial charge in [-0.15, -0.1) is 12.4 Å². The van der Waals surface area contributed by atoms with E-state index < -0.39 is 0 Å². The monoisotopic (exact) mass is 318 g/mol. The van der Waals surface area contributed by atoms with Crippen LogP contribution in [-0.4, -0.2) is 25.5 Å². The van der Waals surface area contributed by atoms with Crippen molar-refractivity contribution in [2.24, 2.45) is 5.92 Å². The molecule has 0 saturated carbocycles. The van der Waals surface area contributed by atoms with Crippen molar-refractivity contribution in [1.82, 2.24) is 10.6 Å². The van der Waals surface area contributed by atoms with E-state index in [9.17, 15) is 4.79 Å². The molecule has 94 valence electrons. The molecule has 1 aliphatic heterocycles. The first-order chi connectivity index (χ1) is 7.74. The third-order valence-corrected chi connectivity index (χ3v) is 3.20. The summed E-state index contributed by atoms with van der Waals surface area (Å²) in [6.45, 7) is 2.84. The van der Waals surface area contributed by atoms with Crippen LogP contribution in [0.25, 0.3) is 0 Å². The molecule has 0 aliphatic carbocycles. The van der Waals surface area contributed by atoms with Gasteiger partial charge in [0.25, 0.3) is 0 Å². The molecular formula is C12H16BrClN2O. The summed E-state index contributed by atoms with van der Waals surface area (Å²) in [7, 11) is 0. The van der Waals surface area contributed by atoms with Gasteiger partial charge in [-0.05, 0) is 17.7 Å². The Balaban J connectivity index is 0.00000144. The van der Waals surface area contributed by atoms with Crippen molar-refractivity contribution >= 4 is 34.2 Å². The number of halogens is 2. The Morgan fingerprint density at radius 2 is 2.24 bits per heavy atom. The van der Waals surface area contributed by atoms with Gasteiger partial charge in [-0.1, -0.05) is 28.1 Å². The zero-order valence-corrected chi connectivity index (χ0v) is 11.8. The first kappa shape index (κ1) is 14.5. The lowest BCUT2D eigenvalue weighted by molar-refractivity contribution is -0.120. The molecule has 2 rings (SSSR count). The number of rotatable bonds is 4. The highest BCUT2D eigenvalue weighted by Crippen LogP contribution is 2.12. The minimum absolute atomic E-state index is 0. The van der Waals surface area contributed by atoms with Crippen molar-refractivity contribution in [2.45, 2.75) is 6.42 Å². The lowest BCUT2D eigenvalue weighted by Gasteiger charge is -2.27. The lowest BCUT2D eigenvalue weighted by Crippen LogP contribution is -2.48. The Bertz CT molecular complexity index is 383. The van der Waals surface area contributed by atoms with Gasteiger partial charge < -0.3 is 10.6 Å². The smallest absolute Gasteiger partial charge is 0.224 e. The Morgan fingerprint density at radius 3 is 2.82 bits per heavy atom. The van der Waals surface area contributed by atoms with Crippen molar-refractivity contribution in [2.75, 3.05) is 19.6 Å². The molecule has 1 fully saturated rings. The van der Waals surface area contributed by atoms with Gasteiger partial charge in [-0.2, -0.15) is 0 Å². The minimum Gasteiger partial charge on any atom is -0.355 e. The van der Waals surface area contributed by atoms with Crippen molar-refractivity contribution in [3.63, 3.8) is 0 Å². The van der Waals surface area contributed by atoms with Gasteiger partial charge in [-0.25, -0.2) is 0 Å². The molecule has 0 unspecified atom stereocenters. The van der Waals surface area contributed by atoms with Crippen LogP contribution < -0.4 is 10.6 Å². The van der Waals surface area contributed by atoms with E-state index in [4.69, 9.17) is 0 Å². The van der Waals surface area contributed by atoms with Crippen molar-refractivity contribution in [3.8, 4) is 0 Å². The van der Waals surface area contributed by atoms with E-state index in [1.54, 1.807) is 0 Å². The molecule has 5 heteroatoms. The third kappa shape index (κ3) is 4.66. The molecule has 2 N–H and O–H groups in total. The summed E-state index contributed by atoms with van der Waals surface area (Å²) in [5, 5.41) is 6.14. The fraction of sp³-hybridized carbons (Fsp3) is 0.417. The minimum atomic E-state index is 0. The van der Waals surface area contributed by atoms with Crippen LogP contribution >= 0.6 is 28.3 Å². The van der Waals surface area contributed by atoms with Crippen LogP contribution in [0.3, 0.4) is 0 Å². The van der Waals surface area contributed by atoms with Gasteiger partial charge in [0.1, 0.15) is 0 Å². The zero-order valence-electron chi connectivity index (χ0n) is 9.41. The second-order valence-electron chi connectivity index (χ2n) is 4.14. The second-order valence-corrected chi connectivity index (χ2v) is 5.05. The highest BCUT2D eigenvalue weighted by atomic mass is 79.9. The van der Waals surface area contributed by atoms with Crippen LogP contribution in [0.4, 0.5) is 0 Å². The largest absolute Gasteiger partial charge is 0.355 e. The Morgan fingerprint density at radius 1 is 1.47 bits per heavy atom. The molecule has 1 amide bonds. The highest BCUT2D eigenvalue weighted by molar-refractivity contribution is 9.10. The highest BCUT2D eigenvalue weighted by Gasteiger charge is 2.16. The van der Waals surface area contributed by atoms with Crippen molar-refractivity contribution in [1.29, 1.82) is 0 Å². The number of hydrogen-bond donors (Lipinski definition) is 2. The number of nitrogens with one attached hydrogen (secondary N) is 2. The van der Waals surface area contributed by atoms with Gasteiger partial charge in [0.15, 0.2) is 0 Å². The second kappa shape index (κ2) is 6.99. The van der Waals surface area contributed by atoms with E-state index >= 15 is 0 Å². The summed E-state index contributed by atoms with van der Waals surface area (Å²) in [5.74, 6) is 0.719. The van der Waals surface area contributed by atoms with E-state index in [2.05, 4.69) is 26.6 Å². The Kier molecular flexibility index (Phi) is 5.95. The van der Waals surface area contributed by atoms with Crippen LogP contribution in [0, 0.1) is 5.92 Å². The van der Waals surface area contributed by atoms with Crippen molar-refractivity contribution < 1.29 is 4.79 Å². The van der Waals surface area contributed by atoms with Crippen LogP contribution in [-0.2, 0) is 11.2 Å². The molecule has 17 heavy (non-hydrogen) atoms. The molecule has 0 spiro atoms. The van der Waals surface area contributed by atoms with Crippen molar-refractivity contribution in [3.05, 3.63) is 34.3 Å². The summed E-state index contributed by atoms with van der Waals surface area (Å²) >= 11 is 3.39. The maximum Gasteiger partial charge on any atom is 0.224 e. The maximum atomic E-state index is 11.6. The summed E-state index contributed by atoms with van der Waals surface area (Å²) in [4.78, 5) is 11.6. The summed E-state index contributed by atoms with van der Waals surface area (Å²) in [6.07, 6.45) is 0.458. The van der Waals surface area contributed by atoms with Gasteiger partial charge in [0.05, 0.1) is 6.42 Å². The molecule has 0 bridgehead atoms. The van der Waals surface area contributed by atoms with Gasteiger partial charge >= 0.3 is 0 Å². The van der Waals surface area contributed by atoms with Crippen LogP contribution in [0.5, 0.6) is 0 Å². The molecule has 1 aromatic carbocycles. The molecule has 0 radical (unpaired) electrons. The Labute approximate surface area is 116 Å². The molecular weight excluding hydrogens is 304 g/mol. The standard InChI is InChI=1S/C12H15BrN2O.ClH/c13-11-3-1-2-9(4-11)5-12(16)15-8-10-6-14-7-10;/h1-4,10,14H,5-8H2,(H,15,16);1H. The first-order valence-electron chi connectivity index (χ1n) is 5.46. The summed E-state index contributed by atoms with van der Waals surface area (Å²) < 4.78 is 1.01. The van der Waals surface area contributed by atoms with E-state index in [-0.39, 0.29) is 18.3 Å². The number of carbonyl (C=O) groups excluding carboxylic acids is 1. The first-order valence-corrected chi connectivity index (χ1v) is 6.25. The van der Waals surface area contributed by atoms with Gasteiger partial charge in [-0.3, -0.25) is 4.79 Å². The summed E-state index contributed by atoms with van der Waals surface area (Å²) in [6, 6.07) is 7.85. The van der Waals surface area contributed by atoms with Crippen LogP contribution in [0.15, 0.2) is 28.7 Å². The Hall–Kier alpha value is -0.580. The topological polar surface area (TPSA) is 41.1 Å².